The maximum Gasteiger partial charge on any atom is 0.379 e. The van der Waals surface area contributed by atoms with Crippen LogP contribution >= 0.6 is 0 Å². The topological polar surface area (TPSA) is 39.4 Å². The molecule has 0 unspecified atom stereocenters. The van der Waals surface area contributed by atoms with Gasteiger partial charge in [-0.1, -0.05) is 48.5 Å². The summed E-state index contributed by atoms with van der Waals surface area (Å²) in [6, 6.07) is 19.4. The molecule has 0 aliphatic heterocycles. The molecule has 0 spiro atoms. The number of hydrogen-bond donors (Lipinski definition) is 0. The molecule has 3 nitrogen and oxygen atoms in total. The number of rotatable bonds is 5. The Morgan fingerprint density at radius 3 is 2.57 bits per heavy atom. The molecule has 0 saturated carbocycles. The quantitative estimate of drug-likeness (QED) is 0.527. The Morgan fingerprint density at radius 2 is 1.71 bits per heavy atom. The third kappa shape index (κ3) is 3.31. The van der Waals surface area contributed by atoms with Crippen LogP contribution in [0.1, 0.15) is 12.0 Å². The first-order valence-corrected chi connectivity index (χ1v) is 7.02. The second-order valence-electron chi connectivity index (χ2n) is 4.87. The van der Waals surface area contributed by atoms with E-state index in [1.165, 1.54) is 5.56 Å². The highest BCUT2D eigenvalue weighted by atomic mass is 16.5. The molecule has 3 rings (SSSR count). The summed E-state index contributed by atoms with van der Waals surface area (Å²) in [7, 11) is 0. The number of ether oxygens (including phenoxy) is 1. The third-order valence-corrected chi connectivity index (χ3v) is 3.32. The van der Waals surface area contributed by atoms with Crippen LogP contribution in [0.5, 0.6) is 5.75 Å². The van der Waals surface area contributed by atoms with Gasteiger partial charge in [0.05, 0.1) is 6.61 Å². The summed E-state index contributed by atoms with van der Waals surface area (Å²) in [4.78, 5) is 11.8. The van der Waals surface area contributed by atoms with E-state index in [2.05, 4.69) is 12.1 Å². The van der Waals surface area contributed by atoms with Crippen molar-refractivity contribution >= 4 is 11.0 Å². The summed E-state index contributed by atoms with van der Waals surface area (Å²) < 4.78 is 10.8. The predicted octanol–water partition coefficient (Wildman–Crippen LogP) is 3.80. The molecule has 3 heteroatoms. The molecule has 0 N–H and O–H groups in total. The molecule has 0 radical (unpaired) electrons. The van der Waals surface area contributed by atoms with Crippen molar-refractivity contribution in [3.63, 3.8) is 0 Å². The van der Waals surface area contributed by atoms with Crippen LogP contribution in [0.25, 0.3) is 11.0 Å². The molecule has 0 saturated heterocycles. The van der Waals surface area contributed by atoms with E-state index >= 15 is 0 Å². The zero-order valence-electron chi connectivity index (χ0n) is 11.6. The maximum atomic E-state index is 11.8. The number of fused-ring (bicyclic) bond motifs is 1. The summed E-state index contributed by atoms with van der Waals surface area (Å²) >= 11 is 0. The Hall–Kier alpha value is -2.55. The van der Waals surface area contributed by atoms with E-state index in [-0.39, 0.29) is 5.75 Å². The van der Waals surface area contributed by atoms with Gasteiger partial charge in [0.1, 0.15) is 5.58 Å². The Morgan fingerprint density at radius 1 is 0.952 bits per heavy atom. The van der Waals surface area contributed by atoms with Gasteiger partial charge in [-0.15, -0.1) is 0 Å². The van der Waals surface area contributed by atoms with Gasteiger partial charge in [-0.25, -0.2) is 4.79 Å². The highest BCUT2D eigenvalue weighted by Crippen LogP contribution is 2.16. The number of para-hydroxylation sites is 1. The van der Waals surface area contributed by atoms with E-state index in [0.29, 0.717) is 12.2 Å². The molecule has 0 aliphatic carbocycles. The minimum Gasteiger partial charge on any atom is -0.487 e. The molecule has 21 heavy (non-hydrogen) atoms. The first-order valence-electron chi connectivity index (χ1n) is 7.02. The van der Waals surface area contributed by atoms with Crippen LogP contribution in [0.2, 0.25) is 0 Å². The van der Waals surface area contributed by atoms with Crippen molar-refractivity contribution in [3.8, 4) is 5.75 Å². The summed E-state index contributed by atoms with van der Waals surface area (Å²) in [5.74, 6) is 0.279. The molecule has 0 aliphatic rings. The summed E-state index contributed by atoms with van der Waals surface area (Å²) in [6.07, 6.45) is 1.79. The van der Waals surface area contributed by atoms with Gasteiger partial charge < -0.3 is 9.15 Å². The normalized spacial score (nSPS) is 10.7. The lowest BCUT2D eigenvalue weighted by Gasteiger charge is -2.06. The number of benzene rings is 2. The summed E-state index contributed by atoms with van der Waals surface area (Å²) in [5.41, 5.74) is 1.43. The number of hydrogen-bond acceptors (Lipinski definition) is 3. The fraction of sp³-hybridized carbons (Fsp3) is 0.167. The van der Waals surface area contributed by atoms with Crippen molar-refractivity contribution in [2.24, 2.45) is 0 Å². The standard InChI is InChI=1S/C18H16O3/c19-18-17(13-15-10-4-5-11-16(15)21-18)20-12-6-9-14-7-2-1-3-8-14/h1-5,7-8,10-11,13H,6,9,12H2. The summed E-state index contributed by atoms with van der Waals surface area (Å²) in [6.45, 7) is 0.498. The molecule has 1 aromatic heterocycles. The fourth-order valence-corrected chi connectivity index (χ4v) is 2.25. The third-order valence-electron chi connectivity index (χ3n) is 3.32. The first-order chi connectivity index (χ1) is 10.3. The van der Waals surface area contributed by atoms with E-state index in [1.54, 1.807) is 12.1 Å². The predicted molar refractivity (Wildman–Crippen MR) is 82.7 cm³/mol. The van der Waals surface area contributed by atoms with Gasteiger partial charge in [0.15, 0.2) is 0 Å². The van der Waals surface area contributed by atoms with E-state index in [9.17, 15) is 4.79 Å². The smallest absolute Gasteiger partial charge is 0.379 e. The molecule has 1 heterocycles. The molecular formula is C18H16O3. The summed E-state index contributed by atoms with van der Waals surface area (Å²) in [5, 5.41) is 0.871. The van der Waals surface area contributed by atoms with Crippen molar-refractivity contribution in [2.45, 2.75) is 12.8 Å². The lowest BCUT2D eigenvalue weighted by molar-refractivity contribution is 0.296. The average Bonchev–Trinajstić information content (AvgIpc) is 2.53. The average molecular weight is 280 g/mol. The second-order valence-corrected chi connectivity index (χ2v) is 4.87. The fourth-order valence-electron chi connectivity index (χ4n) is 2.25. The first kappa shape index (κ1) is 13.4. The molecule has 3 aromatic rings. The van der Waals surface area contributed by atoms with Gasteiger partial charge in [-0.2, -0.15) is 0 Å². The largest absolute Gasteiger partial charge is 0.487 e. The van der Waals surface area contributed by atoms with E-state index < -0.39 is 5.63 Å². The number of aryl methyl sites for hydroxylation is 1. The minimum atomic E-state index is -0.423. The van der Waals surface area contributed by atoms with Crippen molar-refractivity contribution in [1.82, 2.24) is 0 Å². The molecule has 106 valence electrons. The van der Waals surface area contributed by atoms with Crippen molar-refractivity contribution in [1.29, 1.82) is 0 Å². The van der Waals surface area contributed by atoms with Gasteiger partial charge in [0.25, 0.3) is 0 Å². The molecule has 2 aromatic carbocycles. The van der Waals surface area contributed by atoms with Crippen LogP contribution < -0.4 is 10.4 Å². The molecule has 0 fully saturated rings. The van der Waals surface area contributed by atoms with Gasteiger partial charge in [0.2, 0.25) is 5.75 Å². The van der Waals surface area contributed by atoms with Crippen LogP contribution in [0.4, 0.5) is 0 Å². The Labute approximate surface area is 122 Å². The molecule has 0 amide bonds. The van der Waals surface area contributed by atoms with Gasteiger partial charge in [0, 0.05) is 5.39 Å². The van der Waals surface area contributed by atoms with Crippen LogP contribution in [-0.2, 0) is 6.42 Å². The Kier molecular flexibility index (Phi) is 4.01. The maximum absolute atomic E-state index is 11.8. The van der Waals surface area contributed by atoms with Crippen LogP contribution in [-0.4, -0.2) is 6.61 Å². The monoisotopic (exact) mass is 280 g/mol. The van der Waals surface area contributed by atoms with Gasteiger partial charge >= 0.3 is 5.63 Å². The van der Waals surface area contributed by atoms with Crippen LogP contribution in [0, 0.1) is 0 Å². The van der Waals surface area contributed by atoms with Gasteiger partial charge in [-0.3, -0.25) is 0 Å². The second kappa shape index (κ2) is 6.27. The molecular weight excluding hydrogens is 264 g/mol. The zero-order valence-corrected chi connectivity index (χ0v) is 11.6. The lowest BCUT2D eigenvalue weighted by Crippen LogP contribution is -2.08. The van der Waals surface area contributed by atoms with E-state index in [4.69, 9.17) is 9.15 Å². The van der Waals surface area contributed by atoms with Crippen LogP contribution in [0.3, 0.4) is 0 Å². The molecule has 0 atom stereocenters. The van der Waals surface area contributed by atoms with Crippen LogP contribution in [0.15, 0.2) is 69.9 Å². The SMILES string of the molecule is O=c1oc2ccccc2cc1OCCCc1ccccc1. The Balaban J connectivity index is 1.63. The minimum absolute atomic E-state index is 0.279. The van der Waals surface area contributed by atoms with Crippen molar-refractivity contribution in [3.05, 3.63) is 76.6 Å². The molecule has 0 bridgehead atoms. The Bertz CT molecular complexity index is 775. The highest BCUT2D eigenvalue weighted by Gasteiger charge is 2.05. The highest BCUT2D eigenvalue weighted by molar-refractivity contribution is 5.77. The lowest BCUT2D eigenvalue weighted by atomic mass is 10.1. The van der Waals surface area contributed by atoms with Crippen molar-refractivity contribution in [2.75, 3.05) is 6.61 Å². The van der Waals surface area contributed by atoms with Gasteiger partial charge in [-0.05, 0) is 30.5 Å². The van der Waals surface area contributed by atoms with Crippen molar-refractivity contribution < 1.29 is 9.15 Å². The zero-order chi connectivity index (χ0) is 14.5. The van der Waals surface area contributed by atoms with E-state index in [1.807, 2.05) is 36.4 Å². The van der Waals surface area contributed by atoms with E-state index in [0.717, 1.165) is 18.2 Å².